The molecule has 0 rings (SSSR count). The molecule has 0 aromatic heterocycles. The van der Waals surface area contributed by atoms with E-state index in [0.29, 0.717) is 0 Å². The zero-order valence-corrected chi connectivity index (χ0v) is 8.73. The Morgan fingerprint density at radius 1 is 1.75 bits per heavy atom. The summed E-state index contributed by atoms with van der Waals surface area (Å²) in [6.45, 7) is 0.928. The lowest BCUT2D eigenvalue weighted by Crippen LogP contribution is -2.23. The predicted molar refractivity (Wildman–Crippen MR) is 41.2 cm³/mol. The molecule has 0 aliphatic carbocycles. The summed E-state index contributed by atoms with van der Waals surface area (Å²) in [4.78, 5) is 0. The van der Waals surface area contributed by atoms with E-state index >= 15 is 0 Å². The highest BCUT2D eigenvalue weighted by Crippen LogP contribution is 1.83. The van der Waals surface area contributed by atoms with Crippen LogP contribution in [0.4, 0.5) is 0 Å². The second-order valence-corrected chi connectivity index (χ2v) is 5.08. The normalized spacial score (nSPS) is 11.6. The highest BCUT2D eigenvalue weighted by atomic mass is 28.3. The minimum absolute atomic E-state index is 0.132. The summed E-state index contributed by atoms with van der Waals surface area (Å²) in [7, 11) is 0.785. The van der Waals surface area contributed by atoms with Crippen LogP contribution in [-0.2, 0) is 4.12 Å². The molecule has 0 saturated carbocycles. The zero-order chi connectivity index (χ0) is 6.24. The average Bonchev–Trinajstić information content (AvgIpc) is 1.81. The van der Waals surface area contributed by atoms with E-state index < -0.39 is 0 Å². The lowest BCUT2D eigenvalue weighted by molar-refractivity contribution is 0.641. The Bertz CT molecular complexity index is 40.3. The maximum atomic E-state index is 5.10. The fourth-order valence-electron chi connectivity index (χ4n) is 0.473. The van der Waals surface area contributed by atoms with Gasteiger partial charge < -0.3 is 4.12 Å². The molecule has 0 aromatic rings. The zero-order valence-electron chi connectivity index (χ0n) is 5.31. The number of hydrogen-bond acceptors (Lipinski definition) is 3. The van der Waals surface area contributed by atoms with Crippen LogP contribution in [-0.4, -0.2) is 26.8 Å². The topological polar surface area (TPSA) is 47.3 Å². The second kappa shape index (κ2) is 7.31. The molecule has 8 heavy (non-hydrogen) atoms. The van der Waals surface area contributed by atoms with Gasteiger partial charge in [0.15, 0.2) is 0 Å². The lowest BCUT2D eigenvalue weighted by Gasteiger charge is -1.96. The first kappa shape index (κ1) is 8.31. The smallest absolute Gasteiger partial charge is 0.145 e. The van der Waals surface area contributed by atoms with Crippen molar-refractivity contribution in [3.05, 3.63) is 0 Å². The van der Waals surface area contributed by atoms with Crippen LogP contribution in [0.25, 0.3) is 0 Å². The van der Waals surface area contributed by atoms with Gasteiger partial charge in [0.25, 0.3) is 0 Å². The van der Waals surface area contributed by atoms with Crippen LogP contribution in [0, 0.1) is 0 Å². The fraction of sp³-hybridized carbons (Fsp3) is 1.00. The number of nitrogens with two attached hydrogens (primary N) is 1. The van der Waals surface area contributed by atoms with Crippen molar-refractivity contribution in [2.24, 2.45) is 5.84 Å². The Labute approximate surface area is 55.4 Å². The van der Waals surface area contributed by atoms with Crippen molar-refractivity contribution in [3.63, 3.8) is 0 Å². The van der Waals surface area contributed by atoms with Crippen molar-refractivity contribution < 1.29 is 4.12 Å². The Morgan fingerprint density at radius 3 is 3.00 bits per heavy atom. The highest BCUT2D eigenvalue weighted by Gasteiger charge is 1.83. The van der Waals surface area contributed by atoms with Gasteiger partial charge in [-0.25, -0.2) is 0 Å². The molecular formula is C3H14N2OSi2. The Morgan fingerprint density at radius 2 is 2.50 bits per heavy atom. The average molecular weight is 150 g/mol. The predicted octanol–water partition coefficient (Wildman–Crippen LogP) is -2.36. The van der Waals surface area contributed by atoms with Gasteiger partial charge in [-0.1, -0.05) is 0 Å². The van der Waals surface area contributed by atoms with E-state index in [1.807, 2.05) is 0 Å². The summed E-state index contributed by atoms with van der Waals surface area (Å²) in [5, 5.41) is 0. The minimum Gasteiger partial charge on any atom is -0.468 e. The quantitative estimate of drug-likeness (QED) is 0.199. The van der Waals surface area contributed by atoms with Gasteiger partial charge in [-0.15, -0.1) is 0 Å². The number of hydrogen-bond donors (Lipinski definition) is 2. The van der Waals surface area contributed by atoms with Crippen molar-refractivity contribution in [1.29, 1.82) is 0 Å². The Balaban J connectivity index is 2.53. The minimum atomic E-state index is -0.132. The number of hydrazine groups is 1. The molecular weight excluding hydrogens is 136 g/mol. The number of rotatable bonds is 5. The van der Waals surface area contributed by atoms with Crippen molar-refractivity contribution in [2.45, 2.75) is 12.5 Å². The molecule has 0 atom stereocenters. The Kier molecular flexibility index (Phi) is 7.60. The maximum Gasteiger partial charge on any atom is 0.145 e. The van der Waals surface area contributed by atoms with Gasteiger partial charge in [0.05, 0.1) is 0 Å². The van der Waals surface area contributed by atoms with Crippen molar-refractivity contribution in [1.82, 2.24) is 5.43 Å². The molecule has 0 amide bonds. The van der Waals surface area contributed by atoms with E-state index in [2.05, 4.69) is 5.43 Å². The summed E-state index contributed by atoms with van der Waals surface area (Å²) in [5.41, 5.74) is 2.60. The van der Waals surface area contributed by atoms with Crippen LogP contribution in [0.3, 0.4) is 0 Å². The van der Waals surface area contributed by atoms with E-state index in [1.165, 1.54) is 12.5 Å². The first-order valence-corrected chi connectivity index (χ1v) is 5.23. The largest absolute Gasteiger partial charge is 0.468 e. The van der Waals surface area contributed by atoms with Crippen LogP contribution in [0.2, 0.25) is 6.04 Å². The SMILES string of the molecule is NNCCC[SiH2]O[SiH3]. The standard InChI is InChI=1S/C3H14N2OSi2/c4-5-2-1-3-8-6-7/h5H,1-4,8H2,7H3. The Hall–Kier alpha value is 0.314. The first-order chi connectivity index (χ1) is 3.91. The molecule has 0 spiro atoms. The molecule has 50 valence electrons. The molecule has 0 unspecified atom stereocenters. The third-order valence-corrected chi connectivity index (χ3v) is 3.34. The summed E-state index contributed by atoms with van der Waals surface area (Å²) < 4.78 is 5.10. The van der Waals surface area contributed by atoms with Gasteiger partial charge >= 0.3 is 0 Å². The third-order valence-electron chi connectivity index (χ3n) is 0.920. The molecule has 0 aliphatic rings. The van der Waals surface area contributed by atoms with Crippen LogP contribution in [0.1, 0.15) is 6.42 Å². The van der Waals surface area contributed by atoms with Gasteiger partial charge in [0, 0.05) is 6.54 Å². The molecule has 0 radical (unpaired) electrons. The molecule has 0 saturated heterocycles. The lowest BCUT2D eigenvalue weighted by atomic mass is 10.5. The van der Waals surface area contributed by atoms with Crippen molar-refractivity contribution >= 4 is 20.2 Å². The second-order valence-electron chi connectivity index (χ2n) is 1.65. The molecule has 0 aliphatic heterocycles. The molecule has 3 N–H and O–H groups in total. The third kappa shape index (κ3) is 6.31. The highest BCUT2D eigenvalue weighted by molar-refractivity contribution is 6.34. The molecule has 0 aromatic carbocycles. The van der Waals surface area contributed by atoms with Gasteiger partial charge in [-0.3, -0.25) is 11.3 Å². The van der Waals surface area contributed by atoms with Gasteiger partial charge in [0.1, 0.15) is 20.2 Å². The molecule has 5 heteroatoms. The molecule has 0 fully saturated rings. The van der Waals surface area contributed by atoms with Crippen LogP contribution in [0.15, 0.2) is 0 Å². The van der Waals surface area contributed by atoms with E-state index in [0.717, 1.165) is 17.0 Å². The molecule has 3 nitrogen and oxygen atoms in total. The summed E-state index contributed by atoms with van der Waals surface area (Å²) in [6, 6.07) is 1.26. The summed E-state index contributed by atoms with van der Waals surface area (Å²) in [5.74, 6) is 5.04. The number of nitrogens with one attached hydrogen (secondary N) is 1. The summed E-state index contributed by atoms with van der Waals surface area (Å²) >= 11 is 0. The van der Waals surface area contributed by atoms with E-state index in [-0.39, 0.29) is 9.76 Å². The first-order valence-electron chi connectivity index (χ1n) is 2.84. The van der Waals surface area contributed by atoms with Crippen molar-refractivity contribution in [2.75, 3.05) is 6.54 Å². The van der Waals surface area contributed by atoms with Crippen LogP contribution in [0.5, 0.6) is 0 Å². The van der Waals surface area contributed by atoms with E-state index in [4.69, 9.17) is 9.96 Å². The van der Waals surface area contributed by atoms with Crippen molar-refractivity contribution in [3.8, 4) is 0 Å². The van der Waals surface area contributed by atoms with E-state index in [9.17, 15) is 0 Å². The maximum absolute atomic E-state index is 5.10. The summed E-state index contributed by atoms with van der Waals surface area (Å²) in [6.07, 6.45) is 1.17. The van der Waals surface area contributed by atoms with Crippen LogP contribution >= 0.6 is 0 Å². The molecule has 0 heterocycles. The molecule has 0 bridgehead atoms. The van der Waals surface area contributed by atoms with Gasteiger partial charge in [0.2, 0.25) is 0 Å². The van der Waals surface area contributed by atoms with Gasteiger partial charge in [-0.05, 0) is 12.5 Å². The fourth-order valence-corrected chi connectivity index (χ4v) is 2.08. The van der Waals surface area contributed by atoms with Gasteiger partial charge in [-0.2, -0.15) is 0 Å². The van der Waals surface area contributed by atoms with Crippen LogP contribution < -0.4 is 11.3 Å². The van der Waals surface area contributed by atoms with E-state index in [1.54, 1.807) is 0 Å². The monoisotopic (exact) mass is 150 g/mol.